The van der Waals surface area contributed by atoms with E-state index in [-0.39, 0.29) is 24.1 Å². The lowest BCUT2D eigenvalue weighted by atomic mass is 10.1. The van der Waals surface area contributed by atoms with Gasteiger partial charge in [-0.2, -0.15) is 0 Å². The van der Waals surface area contributed by atoms with E-state index >= 15 is 0 Å². The summed E-state index contributed by atoms with van der Waals surface area (Å²) in [5, 5.41) is 0. The largest absolute Gasteiger partial charge is 0.458 e. The lowest BCUT2D eigenvalue weighted by Crippen LogP contribution is -2.28. The van der Waals surface area contributed by atoms with Gasteiger partial charge in [-0.05, 0) is 12.8 Å². The Labute approximate surface area is 90.1 Å². The van der Waals surface area contributed by atoms with Crippen LogP contribution in [0.15, 0.2) is 0 Å². The van der Waals surface area contributed by atoms with Gasteiger partial charge in [0, 0.05) is 6.42 Å². The van der Waals surface area contributed by atoms with Crippen molar-refractivity contribution < 1.29 is 14.3 Å². The van der Waals surface area contributed by atoms with Crippen molar-refractivity contribution in [2.75, 3.05) is 6.61 Å². The Morgan fingerprint density at radius 1 is 1.33 bits per heavy atom. The van der Waals surface area contributed by atoms with E-state index in [1.807, 2.05) is 0 Å². The summed E-state index contributed by atoms with van der Waals surface area (Å²) in [7, 11) is 0. The Morgan fingerprint density at radius 2 is 2.07 bits per heavy atom. The summed E-state index contributed by atoms with van der Waals surface area (Å²) >= 11 is 0. The van der Waals surface area contributed by atoms with Crippen LogP contribution in [0.3, 0.4) is 0 Å². The van der Waals surface area contributed by atoms with Crippen LogP contribution in [0.25, 0.3) is 0 Å². The summed E-state index contributed by atoms with van der Waals surface area (Å²) in [5.41, 5.74) is 0. The predicted octanol–water partition coefficient (Wildman–Crippen LogP) is 1.51. The molecular weight excluding hydrogens is 192 g/mol. The number of terminal acetylenes is 1. The van der Waals surface area contributed by atoms with Gasteiger partial charge in [0.1, 0.15) is 6.10 Å². The van der Waals surface area contributed by atoms with Gasteiger partial charge in [0.05, 0.1) is 12.5 Å². The molecule has 2 unspecified atom stereocenters. The van der Waals surface area contributed by atoms with Crippen LogP contribution in [-0.2, 0) is 14.3 Å². The van der Waals surface area contributed by atoms with Crippen molar-refractivity contribution in [3.05, 3.63) is 0 Å². The minimum atomic E-state index is -0.338. The van der Waals surface area contributed by atoms with Gasteiger partial charge in [0.25, 0.3) is 0 Å². The Hall–Kier alpha value is -1.01. The maximum absolute atomic E-state index is 11.7. The molecule has 15 heavy (non-hydrogen) atoms. The molecule has 2 atom stereocenters. The van der Waals surface area contributed by atoms with Crippen molar-refractivity contribution in [3.63, 3.8) is 0 Å². The topological polar surface area (TPSA) is 35.5 Å². The number of ether oxygens (including phenoxy) is 2. The molecule has 0 aromatic heterocycles. The quantitative estimate of drug-likeness (QED) is 0.509. The zero-order valence-corrected chi connectivity index (χ0v) is 8.78. The second-order valence-corrected chi connectivity index (χ2v) is 4.20. The molecule has 0 aromatic carbocycles. The van der Waals surface area contributed by atoms with Crippen molar-refractivity contribution in [3.8, 4) is 12.3 Å². The zero-order valence-electron chi connectivity index (χ0n) is 8.78. The lowest BCUT2D eigenvalue weighted by molar-refractivity contribution is -0.155. The van der Waals surface area contributed by atoms with Crippen molar-refractivity contribution in [1.29, 1.82) is 0 Å². The summed E-state index contributed by atoms with van der Waals surface area (Å²) in [5.74, 6) is 2.53. The Morgan fingerprint density at radius 3 is 2.73 bits per heavy atom. The van der Waals surface area contributed by atoms with E-state index < -0.39 is 0 Å². The molecule has 0 spiro atoms. The number of hydrogen-bond acceptors (Lipinski definition) is 3. The molecule has 1 saturated heterocycles. The number of esters is 1. The van der Waals surface area contributed by atoms with E-state index in [0.29, 0.717) is 6.61 Å². The van der Waals surface area contributed by atoms with E-state index in [9.17, 15) is 4.79 Å². The maximum atomic E-state index is 11.7. The maximum Gasteiger partial charge on any atom is 0.309 e. The number of hydrogen-bond donors (Lipinski definition) is 0. The van der Waals surface area contributed by atoms with Gasteiger partial charge in [-0.3, -0.25) is 4.79 Å². The summed E-state index contributed by atoms with van der Waals surface area (Å²) < 4.78 is 10.7. The Bertz CT molecular complexity index is 273. The average molecular weight is 208 g/mol. The third kappa shape index (κ3) is 2.32. The summed E-state index contributed by atoms with van der Waals surface area (Å²) in [6.07, 6.45) is 9.67. The fourth-order valence-corrected chi connectivity index (χ4v) is 2.25. The van der Waals surface area contributed by atoms with Gasteiger partial charge in [-0.15, -0.1) is 6.42 Å². The lowest BCUT2D eigenvalue weighted by Gasteiger charge is -2.17. The second kappa shape index (κ2) is 4.67. The minimum Gasteiger partial charge on any atom is -0.458 e. The molecule has 1 aliphatic carbocycles. The predicted molar refractivity (Wildman–Crippen MR) is 55.0 cm³/mol. The molecular formula is C12H16O3. The third-order valence-corrected chi connectivity index (χ3v) is 3.16. The zero-order chi connectivity index (χ0) is 10.7. The molecule has 0 radical (unpaired) electrons. The molecule has 1 aliphatic heterocycles. The Balaban J connectivity index is 1.85. The smallest absolute Gasteiger partial charge is 0.309 e. The monoisotopic (exact) mass is 208 g/mol. The minimum absolute atomic E-state index is 0.0803. The fraction of sp³-hybridized carbons (Fsp3) is 0.750. The number of carbonyl (C=O) groups is 1. The molecule has 0 N–H and O–H groups in total. The van der Waals surface area contributed by atoms with Gasteiger partial charge in [-0.25, -0.2) is 0 Å². The van der Waals surface area contributed by atoms with Crippen molar-refractivity contribution >= 4 is 5.97 Å². The number of rotatable bonds is 2. The van der Waals surface area contributed by atoms with Crippen molar-refractivity contribution in [2.45, 2.75) is 44.3 Å². The molecule has 2 aliphatic rings. The third-order valence-electron chi connectivity index (χ3n) is 3.16. The standard InChI is InChI=1S/C12H16O3/c1-2-10-11(7-8-14-10)15-12(13)9-5-3-4-6-9/h1,9-11H,3-8H2. The molecule has 0 aromatic rings. The van der Waals surface area contributed by atoms with Crippen LogP contribution < -0.4 is 0 Å². The van der Waals surface area contributed by atoms with E-state index in [0.717, 1.165) is 32.1 Å². The van der Waals surface area contributed by atoms with Crippen LogP contribution in [0.5, 0.6) is 0 Å². The van der Waals surface area contributed by atoms with Gasteiger partial charge in [0.2, 0.25) is 0 Å². The number of carbonyl (C=O) groups excluding carboxylic acids is 1. The van der Waals surface area contributed by atoms with Crippen LogP contribution >= 0.6 is 0 Å². The normalized spacial score (nSPS) is 31.4. The van der Waals surface area contributed by atoms with Crippen LogP contribution in [-0.4, -0.2) is 24.8 Å². The van der Waals surface area contributed by atoms with E-state index in [1.165, 1.54) is 0 Å². The van der Waals surface area contributed by atoms with Gasteiger partial charge < -0.3 is 9.47 Å². The molecule has 0 amide bonds. The summed E-state index contributed by atoms with van der Waals surface area (Å²) in [6, 6.07) is 0. The van der Waals surface area contributed by atoms with Crippen LogP contribution in [0, 0.1) is 18.3 Å². The van der Waals surface area contributed by atoms with E-state index in [1.54, 1.807) is 0 Å². The first-order valence-electron chi connectivity index (χ1n) is 5.59. The molecule has 1 saturated carbocycles. The van der Waals surface area contributed by atoms with E-state index in [4.69, 9.17) is 15.9 Å². The van der Waals surface area contributed by atoms with Crippen molar-refractivity contribution in [1.82, 2.24) is 0 Å². The highest BCUT2D eigenvalue weighted by Gasteiger charge is 2.33. The average Bonchev–Trinajstić information content (AvgIpc) is 2.87. The molecule has 3 nitrogen and oxygen atoms in total. The van der Waals surface area contributed by atoms with Crippen LogP contribution in [0.2, 0.25) is 0 Å². The SMILES string of the molecule is C#CC1OCCC1OC(=O)C1CCCC1. The molecule has 0 bridgehead atoms. The highest BCUT2D eigenvalue weighted by atomic mass is 16.6. The highest BCUT2D eigenvalue weighted by Crippen LogP contribution is 2.27. The Kier molecular flexibility index (Phi) is 3.27. The molecule has 82 valence electrons. The first kappa shape index (κ1) is 10.5. The van der Waals surface area contributed by atoms with Crippen LogP contribution in [0.1, 0.15) is 32.1 Å². The van der Waals surface area contributed by atoms with Crippen LogP contribution in [0.4, 0.5) is 0 Å². The fourth-order valence-electron chi connectivity index (χ4n) is 2.25. The molecule has 3 heteroatoms. The summed E-state index contributed by atoms with van der Waals surface area (Å²) in [6.45, 7) is 0.595. The molecule has 1 heterocycles. The summed E-state index contributed by atoms with van der Waals surface area (Å²) in [4.78, 5) is 11.7. The van der Waals surface area contributed by atoms with Gasteiger partial charge in [-0.1, -0.05) is 18.8 Å². The van der Waals surface area contributed by atoms with Crippen molar-refractivity contribution in [2.24, 2.45) is 5.92 Å². The van der Waals surface area contributed by atoms with E-state index in [2.05, 4.69) is 5.92 Å². The molecule has 2 rings (SSSR count). The highest BCUT2D eigenvalue weighted by molar-refractivity contribution is 5.73. The molecule has 2 fully saturated rings. The first-order chi connectivity index (χ1) is 7.31. The first-order valence-corrected chi connectivity index (χ1v) is 5.59. The van der Waals surface area contributed by atoms with Gasteiger partial charge in [0.15, 0.2) is 6.10 Å². The second-order valence-electron chi connectivity index (χ2n) is 4.20. The van der Waals surface area contributed by atoms with Gasteiger partial charge >= 0.3 is 5.97 Å².